The van der Waals surface area contributed by atoms with Crippen LogP contribution in [0.5, 0.6) is 0 Å². The predicted molar refractivity (Wildman–Crippen MR) is 56.6 cm³/mol. The van der Waals surface area contributed by atoms with Crippen LogP contribution in [0.15, 0.2) is 12.1 Å². The van der Waals surface area contributed by atoms with Gasteiger partial charge in [-0.2, -0.15) is 0 Å². The Morgan fingerprint density at radius 1 is 1.38 bits per heavy atom. The number of benzene rings is 1. The molecule has 0 aliphatic heterocycles. The molecule has 0 saturated carbocycles. The van der Waals surface area contributed by atoms with Crippen LogP contribution in [0.3, 0.4) is 0 Å². The SMILES string of the molecule is CNC1CCc2c1ccc(Cl)c2Cl. The van der Waals surface area contributed by atoms with Gasteiger partial charge in [0.15, 0.2) is 0 Å². The fourth-order valence-corrected chi connectivity index (χ4v) is 2.38. The van der Waals surface area contributed by atoms with Gasteiger partial charge in [-0.25, -0.2) is 0 Å². The molecule has 0 saturated heterocycles. The van der Waals surface area contributed by atoms with Gasteiger partial charge in [0.05, 0.1) is 10.0 Å². The molecule has 0 fully saturated rings. The van der Waals surface area contributed by atoms with Crippen LogP contribution in [-0.4, -0.2) is 7.05 Å². The number of nitrogens with one attached hydrogen (secondary N) is 1. The summed E-state index contributed by atoms with van der Waals surface area (Å²) in [6.07, 6.45) is 2.14. The van der Waals surface area contributed by atoms with E-state index in [0.717, 1.165) is 17.9 Å². The molecule has 2 rings (SSSR count). The van der Waals surface area contributed by atoms with Crippen molar-refractivity contribution >= 4 is 23.2 Å². The summed E-state index contributed by atoms with van der Waals surface area (Å²) in [4.78, 5) is 0. The van der Waals surface area contributed by atoms with E-state index < -0.39 is 0 Å². The lowest BCUT2D eigenvalue weighted by molar-refractivity contribution is 0.590. The molecular formula is C10H11Cl2N. The Labute approximate surface area is 88.0 Å². The summed E-state index contributed by atoms with van der Waals surface area (Å²) >= 11 is 12.0. The van der Waals surface area contributed by atoms with E-state index in [-0.39, 0.29) is 0 Å². The first kappa shape index (κ1) is 9.32. The highest BCUT2D eigenvalue weighted by atomic mass is 35.5. The number of hydrogen-bond acceptors (Lipinski definition) is 1. The van der Waals surface area contributed by atoms with E-state index in [0.29, 0.717) is 11.1 Å². The van der Waals surface area contributed by atoms with E-state index in [2.05, 4.69) is 11.4 Å². The average molecular weight is 216 g/mol. The van der Waals surface area contributed by atoms with E-state index in [4.69, 9.17) is 23.2 Å². The minimum absolute atomic E-state index is 0.449. The highest BCUT2D eigenvalue weighted by Crippen LogP contribution is 2.38. The number of halogens is 2. The zero-order chi connectivity index (χ0) is 9.42. The van der Waals surface area contributed by atoms with E-state index in [9.17, 15) is 0 Å². The average Bonchev–Trinajstić information content (AvgIpc) is 2.55. The van der Waals surface area contributed by atoms with Gasteiger partial charge in [-0.15, -0.1) is 0 Å². The van der Waals surface area contributed by atoms with Crippen molar-refractivity contribution in [3.05, 3.63) is 33.3 Å². The molecule has 1 aliphatic carbocycles. The Morgan fingerprint density at radius 3 is 2.85 bits per heavy atom. The third kappa shape index (κ3) is 1.45. The van der Waals surface area contributed by atoms with Crippen LogP contribution in [0, 0.1) is 0 Å². The van der Waals surface area contributed by atoms with Crippen molar-refractivity contribution in [2.45, 2.75) is 18.9 Å². The molecule has 1 aliphatic rings. The largest absolute Gasteiger partial charge is 0.313 e. The molecular weight excluding hydrogens is 205 g/mol. The fourth-order valence-electron chi connectivity index (χ4n) is 1.93. The number of hydrogen-bond donors (Lipinski definition) is 1. The minimum atomic E-state index is 0.449. The Hall–Kier alpha value is -0.240. The maximum absolute atomic E-state index is 6.10. The quantitative estimate of drug-likeness (QED) is 0.760. The van der Waals surface area contributed by atoms with Gasteiger partial charge in [0.1, 0.15) is 0 Å². The maximum atomic E-state index is 6.10. The second-order valence-electron chi connectivity index (χ2n) is 3.31. The summed E-state index contributed by atoms with van der Waals surface area (Å²) in [5.74, 6) is 0. The first-order valence-corrected chi connectivity index (χ1v) is 5.13. The van der Waals surface area contributed by atoms with Gasteiger partial charge in [-0.1, -0.05) is 29.3 Å². The van der Waals surface area contributed by atoms with Gasteiger partial charge in [0.25, 0.3) is 0 Å². The molecule has 1 aromatic rings. The zero-order valence-electron chi connectivity index (χ0n) is 7.40. The van der Waals surface area contributed by atoms with Gasteiger partial charge >= 0.3 is 0 Å². The lowest BCUT2D eigenvalue weighted by Crippen LogP contribution is -2.12. The molecule has 0 radical (unpaired) electrons. The molecule has 1 aromatic carbocycles. The highest BCUT2D eigenvalue weighted by Gasteiger charge is 2.23. The van der Waals surface area contributed by atoms with Gasteiger partial charge in [-0.05, 0) is 37.1 Å². The van der Waals surface area contributed by atoms with Crippen LogP contribution in [0.2, 0.25) is 10.0 Å². The van der Waals surface area contributed by atoms with E-state index >= 15 is 0 Å². The smallest absolute Gasteiger partial charge is 0.0627 e. The lowest BCUT2D eigenvalue weighted by Gasteiger charge is -2.10. The van der Waals surface area contributed by atoms with Crippen molar-refractivity contribution in [2.75, 3.05) is 7.05 Å². The van der Waals surface area contributed by atoms with Crippen LogP contribution < -0.4 is 5.32 Å². The van der Waals surface area contributed by atoms with Gasteiger partial charge in [-0.3, -0.25) is 0 Å². The van der Waals surface area contributed by atoms with Crippen molar-refractivity contribution in [3.8, 4) is 0 Å². The summed E-state index contributed by atoms with van der Waals surface area (Å²) in [5.41, 5.74) is 2.52. The van der Waals surface area contributed by atoms with Gasteiger partial charge < -0.3 is 5.32 Å². The Kier molecular flexibility index (Phi) is 2.50. The van der Waals surface area contributed by atoms with Gasteiger partial charge in [0, 0.05) is 6.04 Å². The predicted octanol–water partition coefficient (Wildman–Crippen LogP) is 3.20. The monoisotopic (exact) mass is 215 g/mol. The van der Waals surface area contributed by atoms with Crippen molar-refractivity contribution in [1.29, 1.82) is 0 Å². The Bertz CT molecular complexity index is 336. The molecule has 0 spiro atoms. The number of fused-ring (bicyclic) bond motifs is 1. The van der Waals surface area contributed by atoms with Crippen molar-refractivity contribution in [1.82, 2.24) is 5.32 Å². The second-order valence-corrected chi connectivity index (χ2v) is 4.09. The summed E-state index contributed by atoms with van der Waals surface area (Å²) in [5, 5.41) is 4.66. The van der Waals surface area contributed by atoms with Crippen LogP contribution >= 0.6 is 23.2 Å². The Morgan fingerprint density at radius 2 is 2.15 bits per heavy atom. The molecule has 1 unspecified atom stereocenters. The maximum Gasteiger partial charge on any atom is 0.0627 e. The molecule has 0 amide bonds. The molecule has 13 heavy (non-hydrogen) atoms. The van der Waals surface area contributed by atoms with Crippen molar-refractivity contribution in [3.63, 3.8) is 0 Å². The zero-order valence-corrected chi connectivity index (χ0v) is 8.91. The van der Waals surface area contributed by atoms with E-state index in [1.165, 1.54) is 11.1 Å². The fraction of sp³-hybridized carbons (Fsp3) is 0.400. The molecule has 70 valence electrons. The summed E-state index contributed by atoms with van der Waals surface area (Å²) in [6, 6.07) is 4.39. The van der Waals surface area contributed by atoms with Crippen LogP contribution in [-0.2, 0) is 6.42 Å². The molecule has 0 aromatic heterocycles. The molecule has 1 nitrogen and oxygen atoms in total. The van der Waals surface area contributed by atoms with Gasteiger partial charge in [0.2, 0.25) is 0 Å². The topological polar surface area (TPSA) is 12.0 Å². The van der Waals surface area contributed by atoms with Crippen LogP contribution in [0.1, 0.15) is 23.6 Å². The number of rotatable bonds is 1. The molecule has 0 heterocycles. The first-order valence-electron chi connectivity index (χ1n) is 4.38. The molecule has 1 atom stereocenters. The third-order valence-electron chi connectivity index (χ3n) is 2.64. The highest BCUT2D eigenvalue weighted by molar-refractivity contribution is 6.42. The first-order chi connectivity index (χ1) is 6.24. The third-order valence-corrected chi connectivity index (χ3v) is 3.48. The Balaban J connectivity index is 2.50. The van der Waals surface area contributed by atoms with Crippen LogP contribution in [0.4, 0.5) is 0 Å². The van der Waals surface area contributed by atoms with Crippen molar-refractivity contribution < 1.29 is 0 Å². The molecule has 3 heteroatoms. The second kappa shape index (κ2) is 3.49. The van der Waals surface area contributed by atoms with E-state index in [1.807, 2.05) is 13.1 Å². The minimum Gasteiger partial charge on any atom is -0.313 e. The molecule has 0 bridgehead atoms. The van der Waals surface area contributed by atoms with E-state index in [1.54, 1.807) is 0 Å². The molecule has 1 N–H and O–H groups in total. The van der Waals surface area contributed by atoms with Crippen molar-refractivity contribution in [2.24, 2.45) is 0 Å². The standard InChI is InChI=1S/C10H11Cl2N/c1-13-9-5-3-7-6(9)2-4-8(11)10(7)12/h2,4,9,13H,3,5H2,1H3. The lowest BCUT2D eigenvalue weighted by atomic mass is 10.1. The summed E-state index contributed by atoms with van der Waals surface area (Å²) in [7, 11) is 1.97. The summed E-state index contributed by atoms with van der Waals surface area (Å²) in [6.45, 7) is 0. The van der Waals surface area contributed by atoms with Crippen LogP contribution in [0.25, 0.3) is 0 Å². The summed E-state index contributed by atoms with van der Waals surface area (Å²) < 4.78 is 0. The normalized spacial score (nSPS) is 20.4.